The van der Waals surface area contributed by atoms with Crippen LogP contribution in [-0.2, 0) is 5.41 Å². The zero-order valence-corrected chi connectivity index (χ0v) is 10.2. The molecule has 0 aromatic heterocycles. The van der Waals surface area contributed by atoms with Crippen molar-refractivity contribution in [2.45, 2.75) is 45.4 Å². The Bertz CT molecular complexity index is 364. The zero-order valence-electron chi connectivity index (χ0n) is 10.2. The van der Waals surface area contributed by atoms with Crippen LogP contribution in [0, 0.1) is 5.82 Å². The van der Waals surface area contributed by atoms with Crippen molar-refractivity contribution >= 4 is 5.69 Å². The first-order valence-corrected chi connectivity index (χ1v) is 5.79. The summed E-state index contributed by atoms with van der Waals surface area (Å²) in [6.45, 7) is 6.12. The normalized spacial score (nSPS) is 11.8. The lowest BCUT2D eigenvalue weighted by Crippen LogP contribution is -2.25. The van der Waals surface area contributed by atoms with Gasteiger partial charge in [-0.15, -0.1) is 0 Å². The minimum atomic E-state index is -0.451. The third-order valence-electron chi connectivity index (χ3n) is 3.73. The van der Waals surface area contributed by atoms with E-state index in [0.717, 1.165) is 19.3 Å². The number of hydrogen-bond donors (Lipinski definition) is 2. The average molecular weight is 225 g/mol. The van der Waals surface area contributed by atoms with Gasteiger partial charge < -0.3 is 10.8 Å². The van der Waals surface area contributed by atoms with Crippen LogP contribution in [0.2, 0.25) is 0 Å². The molecule has 0 saturated carbocycles. The van der Waals surface area contributed by atoms with Crippen LogP contribution in [0.25, 0.3) is 0 Å². The van der Waals surface area contributed by atoms with Crippen LogP contribution in [-0.4, -0.2) is 5.11 Å². The van der Waals surface area contributed by atoms with Crippen LogP contribution in [0.4, 0.5) is 10.1 Å². The molecule has 1 aromatic carbocycles. The molecular formula is C13H20FNO. The molecule has 2 nitrogen and oxygen atoms in total. The maximum atomic E-state index is 13.5. The van der Waals surface area contributed by atoms with Gasteiger partial charge in [-0.1, -0.05) is 20.8 Å². The Balaban J connectivity index is 3.45. The Morgan fingerprint density at radius 1 is 1.19 bits per heavy atom. The van der Waals surface area contributed by atoms with Gasteiger partial charge in [0.05, 0.1) is 5.69 Å². The molecule has 0 aliphatic heterocycles. The molecule has 16 heavy (non-hydrogen) atoms. The second kappa shape index (κ2) is 4.73. The number of halogens is 1. The van der Waals surface area contributed by atoms with E-state index in [0.29, 0.717) is 5.56 Å². The summed E-state index contributed by atoms with van der Waals surface area (Å²) < 4.78 is 13.5. The third-order valence-corrected chi connectivity index (χ3v) is 3.73. The Kier molecular flexibility index (Phi) is 3.79. The molecule has 0 amide bonds. The summed E-state index contributed by atoms with van der Waals surface area (Å²) in [5.41, 5.74) is 6.19. The van der Waals surface area contributed by atoms with Gasteiger partial charge in [0.2, 0.25) is 0 Å². The summed E-state index contributed by atoms with van der Waals surface area (Å²) >= 11 is 0. The number of nitrogens with two attached hydrogens (primary N) is 1. The quantitative estimate of drug-likeness (QED) is 0.769. The molecule has 0 unspecified atom stereocenters. The molecule has 0 aliphatic carbocycles. The lowest BCUT2D eigenvalue weighted by molar-refractivity contribution is 0.357. The number of phenols is 1. The number of aromatic hydroxyl groups is 1. The van der Waals surface area contributed by atoms with E-state index in [1.165, 1.54) is 12.1 Å². The maximum Gasteiger partial charge on any atom is 0.146 e. The largest absolute Gasteiger partial charge is 0.508 e. The molecule has 0 spiro atoms. The van der Waals surface area contributed by atoms with Crippen molar-refractivity contribution in [3.05, 3.63) is 23.5 Å². The van der Waals surface area contributed by atoms with Gasteiger partial charge in [0.1, 0.15) is 11.6 Å². The van der Waals surface area contributed by atoms with Crippen LogP contribution in [0.3, 0.4) is 0 Å². The SMILES string of the molecule is CCC(CC)(CC)c1c(O)ccc(F)c1N. The van der Waals surface area contributed by atoms with Gasteiger partial charge in [-0.3, -0.25) is 0 Å². The highest BCUT2D eigenvalue weighted by molar-refractivity contribution is 5.58. The number of nitrogen functional groups attached to an aromatic ring is 1. The van der Waals surface area contributed by atoms with E-state index in [-0.39, 0.29) is 16.9 Å². The van der Waals surface area contributed by atoms with Crippen molar-refractivity contribution in [1.29, 1.82) is 0 Å². The molecule has 0 fully saturated rings. The molecule has 1 aromatic rings. The summed E-state index contributed by atoms with van der Waals surface area (Å²) in [5, 5.41) is 9.90. The first-order valence-electron chi connectivity index (χ1n) is 5.79. The predicted molar refractivity (Wildman–Crippen MR) is 65.0 cm³/mol. The Hall–Kier alpha value is -1.25. The summed E-state index contributed by atoms with van der Waals surface area (Å²) in [7, 11) is 0. The summed E-state index contributed by atoms with van der Waals surface area (Å²) in [4.78, 5) is 0. The van der Waals surface area contributed by atoms with Crippen molar-refractivity contribution in [2.75, 3.05) is 5.73 Å². The lowest BCUT2D eigenvalue weighted by Gasteiger charge is -2.32. The molecule has 0 radical (unpaired) electrons. The second-order valence-corrected chi connectivity index (χ2v) is 4.20. The Morgan fingerprint density at radius 3 is 2.12 bits per heavy atom. The van der Waals surface area contributed by atoms with Gasteiger partial charge in [0.25, 0.3) is 0 Å². The van der Waals surface area contributed by atoms with Crippen LogP contribution in [0.5, 0.6) is 5.75 Å². The van der Waals surface area contributed by atoms with Gasteiger partial charge in [-0.2, -0.15) is 0 Å². The maximum absolute atomic E-state index is 13.5. The van der Waals surface area contributed by atoms with E-state index in [1.807, 2.05) is 20.8 Å². The Labute approximate surface area is 96.3 Å². The molecule has 0 heterocycles. The molecule has 0 saturated heterocycles. The predicted octanol–water partition coefficient (Wildman–Crippen LogP) is 3.58. The van der Waals surface area contributed by atoms with E-state index < -0.39 is 5.82 Å². The number of anilines is 1. The van der Waals surface area contributed by atoms with Crippen LogP contribution in [0.15, 0.2) is 12.1 Å². The summed E-state index contributed by atoms with van der Waals surface area (Å²) in [6.07, 6.45) is 2.50. The first kappa shape index (κ1) is 12.8. The van der Waals surface area contributed by atoms with Gasteiger partial charge >= 0.3 is 0 Å². The topological polar surface area (TPSA) is 46.2 Å². The Morgan fingerprint density at radius 2 is 1.69 bits per heavy atom. The van der Waals surface area contributed by atoms with Gasteiger partial charge in [-0.05, 0) is 31.4 Å². The van der Waals surface area contributed by atoms with Crippen molar-refractivity contribution in [1.82, 2.24) is 0 Å². The van der Waals surface area contributed by atoms with Crippen molar-refractivity contribution in [3.63, 3.8) is 0 Å². The number of benzene rings is 1. The van der Waals surface area contributed by atoms with Gasteiger partial charge in [0, 0.05) is 11.0 Å². The van der Waals surface area contributed by atoms with Crippen molar-refractivity contribution in [2.24, 2.45) is 0 Å². The van der Waals surface area contributed by atoms with Gasteiger partial charge in [0.15, 0.2) is 0 Å². The van der Waals surface area contributed by atoms with E-state index in [2.05, 4.69) is 0 Å². The molecule has 1 rings (SSSR count). The lowest BCUT2D eigenvalue weighted by atomic mass is 9.72. The molecule has 0 aliphatic rings. The monoisotopic (exact) mass is 225 g/mol. The third kappa shape index (κ3) is 1.86. The van der Waals surface area contributed by atoms with Crippen molar-refractivity contribution < 1.29 is 9.50 Å². The fourth-order valence-electron chi connectivity index (χ4n) is 2.42. The minimum absolute atomic E-state index is 0.0885. The summed E-state index contributed by atoms with van der Waals surface area (Å²) in [6, 6.07) is 2.59. The van der Waals surface area contributed by atoms with E-state index in [4.69, 9.17) is 5.73 Å². The standard InChI is InChI=1S/C13H20FNO/c1-4-13(5-2,6-3)11-10(16)8-7-9(14)12(11)15/h7-8,16H,4-6,15H2,1-3H3. The molecule has 90 valence electrons. The highest BCUT2D eigenvalue weighted by Crippen LogP contribution is 2.43. The molecule has 3 heteroatoms. The molecule has 3 N–H and O–H groups in total. The fraction of sp³-hybridized carbons (Fsp3) is 0.538. The van der Waals surface area contributed by atoms with E-state index >= 15 is 0 Å². The minimum Gasteiger partial charge on any atom is -0.508 e. The zero-order chi connectivity index (χ0) is 12.3. The first-order chi connectivity index (χ1) is 7.52. The molecule has 0 bridgehead atoms. The van der Waals surface area contributed by atoms with E-state index in [1.54, 1.807) is 0 Å². The highest BCUT2D eigenvalue weighted by Gasteiger charge is 2.32. The smallest absolute Gasteiger partial charge is 0.146 e. The average Bonchev–Trinajstić information content (AvgIpc) is 2.30. The van der Waals surface area contributed by atoms with E-state index in [9.17, 15) is 9.50 Å². The highest BCUT2D eigenvalue weighted by atomic mass is 19.1. The fourth-order valence-corrected chi connectivity index (χ4v) is 2.42. The number of phenolic OH excluding ortho intramolecular Hbond substituents is 1. The second-order valence-electron chi connectivity index (χ2n) is 4.20. The number of rotatable bonds is 4. The van der Waals surface area contributed by atoms with Crippen LogP contribution < -0.4 is 5.73 Å². The molecule has 0 atom stereocenters. The molecular weight excluding hydrogens is 205 g/mol. The van der Waals surface area contributed by atoms with Gasteiger partial charge in [-0.25, -0.2) is 4.39 Å². The van der Waals surface area contributed by atoms with Crippen LogP contribution in [0.1, 0.15) is 45.6 Å². The van der Waals surface area contributed by atoms with Crippen LogP contribution >= 0.6 is 0 Å². The van der Waals surface area contributed by atoms with Crippen molar-refractivity contribution in [3.8, 4) is 5.75 Å². The summed E-state index contributed by atoms with van der Waals surface area (Å²) in [5.74, 6) is -0.350. The number of hydrogen-bond acceptors (Lipinski definition) is 2.